The van der Waals surface area contributed by atoms with Gasteiger partial charge in [0.05, 0.1) is 36.4 Å². The van der Waals surface area contributed by atoms with Crippen LogP contribution < -0.4 is 5.32 Å². The van der Waals surface area contributed by atoms with Crippen molar-refractivity contribution in [2.45, 2.75) is 63.8 Å². The van der Waals surface area contributed by atoms with E-state index in [9.17, 15) is 9.59 Å². The highest BCUT2D eigenvalue weighted by Crippen LogP contribution is 2.40. The number of aryl methyl sites for hydroxylation is 1. The molecule has 0 radical (unpaired) electrons. The number of aromatic nitrogens is 2. The summed E-state index contributed by atoms with van der Waals surface area (Å²) in [6, 6.07) is 0.0280. The Bertz CT molecular complexity index is 609. The van der Waals surface area contributed by atoms with Crippen molar-refractivity contribution in [2.24, 2.45) is 7.05 Å². The minimum atomic E-state index is -0.158. The van der Waals surface area contributed by atoms with Gasteiger partial charge in [0, 0.05) is 19.5 Å². The van der Waals surface area contributed by atoms with Crippen molar-refractivity contribution in [3.8, 4) is 0 Å². The first kappa shape index (κ1) is 17.0. The van der Waals surface area contributed by atoms with Crippen molar-refractivity contribution in [3.63, 3.8) is 0 Å². The van der Waals surface area contributed by atoms with Crippen LogP contribution in [0, 0.1) is 0 Å². The first-order chi connectivity index (χ1) is 11.5. The molecule has 3 rings (SSSR count). The monoisotopic (exact) mass is 334 g/mol. The van der Waals surface area contributed by atoms with E-state index in [4.69, 9.17) is 4.74 Å². The van der Waals surface area contributed by atoms with E-state index in [0.717, 1.165) is 18.5 Å². The third-order valence-corrected chi connectivity index (χ3v) is 4.63. The lowest BCUT2D eigenvalue weighted by atomic mass is 9.92. The van der Waals surface area contributed by atoms with Gasteiger partial charge in [-0.2, -0.15) is 0 Å². The smallest absolute Gasteiger partial charge is 0.246 e. The van der Waals surface area contributed by atoms with E-state index >= 15 is 0 Å². The molecule has 1 aromatic heterocycles. The van der Waals surface area contributed by atoms with E-state index in [2.05, 4.69) is 10.3 Å². The maximum absolute atomic E-state index is 12.5. The van der Waals surface area contributed by atoms with Crippen LogP contribution in [0.2, 0.25) is 0 Å². The Morgan fingerprint density at radius 3 is 2.75 bits per heavy atom. The largest absolute Gasteiger partial charge is 0.369 e. The summed E-state index contributed by atoms with van der Waals surface area (Å²) in [5, 5.41) is 3.07. The Hall–Kier alpha value is -1.89. The van der Waals surface area contributed by atoms with Crippen LogP contribution in [0.5, 0.6) is 0 Å². The van der Waals surface area contributed by atoms with E-state index in [1.165, 1.54) is 0 Å². The molecular formula is C17H26N4O3. The molecule has 132 valence electrons. The van der Waals surface area contributed by atoms with Crippen molar-refractivity contribution in [2.75, 3.05) is 6.61 Å². The average molecular weight is 334 g/mol. The van der Waals surface area contributed by atoms with E-state index in [1.807, 2.05) is 30.4 Å². The molecule has 1 aromatic rings. The Balaban J connectivity index is 1.79. The van der Waals surface area contributed by atoms with Crippen LogP contribution in [-0.4, -0.2) is 51.1 Å². The highest BCUT2D eigenvalue weighted by molar-refractivity contribution is 5.80. The molecule has 0 bridgehead atoms. The molecule has 1 saturated heterocycles. The second-order valence-corrected chi connectivity index (χ2v) is 6.98. The molecule has 2 atom stereocenters. The molecule has 2 heterocycles. The fraction of sp³-hybridized carbons (Fsp3) is 0.706. The van der Waals surface area contributed by atoms with Gasteiger partial charge in [0.25, 0.3) is 0 Å². The molecule has 7 nitrogen and oxygen atoms in total. The average Bonchev–Trinajstić information content (AvgIpc) is 3.28. The Kier molecular flexibility index (Phi) is 4.89. The summed E-state index contributed by atoms with van der Waals surface area (Å²) in [6.45, 7) is 3.85. The number of hydrogen-bond donors (Lipinski definition) is 1. The number of rotatable bonds is 6. The molecule has 2 fully saturated rings. The van der Waals surface area contributed by atoms with Crippen LogP contribution in [0.4, 0.5) is 0 Å². The van der Waals surface area contributed by atoms with E-state index in [1.54, 1.807) is 12.5 Å². The van der Waals surface area contributed by atoms with Crippen LogP contribution in [-0.2, 0) is 21.4 Å². The van der Waals surface area contributed by atoms with Crippen LogP contribution >= 0.6 is 0 Å². The number of amides is 2. The molecule has 0 unspecified atom stereocenters. The van der Waals surface area contributed by atoms with Crippen LogP contribution in [0.15, 0.2) is 12.5 Å². The second-order valence-electron chi connectivity index (χ2n) is 6.98. The lowest BCUT2D eigenvalue weighted by Gasteiger charge is -2.41. The minimum absolute atomic E-state index is 0.0134. The zero-order valence-electron chi connectivity index (χ0n) is 14.6. The van der Waals surface area contributed by atoms with Gasteiger partial charge in [-0.15, -0.1) is 0 Å². The quantitative estimate of drug-likeness (QED) is 0.847. The zero-order chi connectivity index (χ0) is 17.3. The molecule has 7 heteroatoms. The zero-order valence-corrected chi connectivity index (χ0v) is 14.6. The molecule has 1 aliphatic carbocycles. The van der Waals surface area contributed by atoms with Crippen LogP contribution in [0.1, 0.15) is 51.3 Å². The van der Waals surface area contributed by atoms with E-state index < -0.39 is 0 Å². The minimum Gasteiger partial charge on any atom is -0.369 e. The summed E-state index contributed by atoms with van der Waals surface area (Å²) in [6.07, 6.45) is 6.74. The third-order valence-electron chi connectivity index (χ3n) is 4.63. The summed E-state index contributed by atoms with van der Waals surface area (Å²) in [7, 11) is 1.92. The second kappa shape index (κ2) is 6.93. The number of piperidine rings is 1. The predicted octanol–water partition coefficient (Wildman–Crippen LogP) is 1.16. The SMILES string of the molecule is CC(C)OCC(=O)N[C@@H]1CCC(=O)N(C2CC2)[C@H]1c1cncn1C. The summed E-state index contributed by atoms with van der Waals surface area (Å²) in [5.74, 6) is 0.0404. The number of nitrogens with one attached hydrogen (secondary N) is 1. The Morgan fingerprint density at radius 1 is 1.42 bits per heavy atom. The summed E-state index contributed by atoms with van der Waals surface area (Å²) in [4.78, 5) is 30.9. The van der Waals surface area contributed by atoms with Gasteiger partial charge in [0.1, 0.15) is 6.61 Å². The number of ether oxygens (including phenoxy) is 1. The fourth-order valence-corrected chi connectivity index (χ4v) is 3.34. The topological polar surface area (TPSA) is 76.5 Å². The van der Waals surface area contributed by atoms with E-state index in [0.29, 0.717) is 18.9 Å². The van der Waals surface area contributed by atoms with Crippen molar-refractivity contribution in [3.05, 3.63) is 18.2 Å². The summed E-state index contributed by atoms with van der Waals surface area (Å²) in [5.41, 5.74) is 0.963. The molecule has 0 spiro atoms. The first-order valence-corrected chi connectivity index (χ1v) is 8.65. The standard InChI is InChI=1S/C17H26N4O3/c1-11(2)24-9-15(22)19-13-6-7-16(23)21(12-4-5-12)17(13)14-8-18-10-20(14)3/h8,10-13,17H,4-7,9H2,1-3H3,(H,19,22)/t13-,17-/m1/s1. The third kappa shape index (κ3) is 3.61. The van der Waals surface area contributed by atoms with Crippen molar-refractivity contribution < 1.29 is 14.3 Å². The molecule has 2 aliphatic rings. The van der Waals surface area contributed by atoms with Gasteiger partial charge < -0.3 is 19.5 Å². The number of carbonyl (C=O) groups excluding carboxylic acids is 2. The predicted molar refractivity (Wildman–Crippen MR) is 88.1 cm³/mol. The van der Waals surface area contributed by atoms with Crippen LogP contribution in [0.25, 0.3) is 0 Å². The molecule has 2 amide bonds. The van der Waals surface area contributed by atoms with Crippen molar-refractivity contribution in [1.82, 2.24) is 19.8 Å². The number of imidazole rings is 1. The molecule has 0 aromatic carbocycles. The normalized spacial score (nSPS) is 24.5. The number of nitrogens with zero attached hydrogens (tertiary/aromatic N) is 3. The van der Waals surface area contributed by atoms with Gasteiger partial charge in [-0.25, -0.2) is 4.98 Å². The first-order valence-electron chi connectivity index (χ1n) is 8.65. The van der Waals surface area contributed by atoms with Crippen molar-refractivity contribution in [1.29, 1.82) is 0 Å². The number of carbonyl (C=O) groups is 2. The maximum Gasteiger partial charge on any atom is 0.246 e. The fourth-order valence-electron chi connectivity index (χ4n) is 3.34. The molecule has 1 N–H and O–H groups in total. The van der Waals surface area contributed by atoms with Crippen LogP contribution in [0.3, 0.4) is 0 Å². The van der Waals surface area contributed by atoms with Gasteiger partial charge in [-0.3, -0.25) is 9.59 Å². The number of likely N-dealkylation sites (tertiary alicyclic amines) is 1. The lowest BCUT2D eigenvalue weighted by molar-refractivity contribution is -0.141. The lowest BCUT2D eigenvalue weighted by Crippen LogP contribution is -2.54. The van der Waals surface area contributed by atoms with Crippen molar-refractivity contribution >= 4 is 11.8 Å². The molecule has 1 aliphatic heterocycles. The highest BCUT2D eigenvalue weighted by Gasteiger charge is 2.45. The van der Waals surface area contributed by atoms with Gasteiger partial charge in [0.15, 0.2) is 0 Å². The molecular weight excluding hydrogens is 308 g/mol. The summed E-state index contributed by atoms with van der Waals surface area (Å²) < 4.78 is 7.33. The maximum atomic E-state index is 12.5. The van der Waals surface area contributed by atoms with Gasteiger partial charge >= 0.3 is 0 Å². The molecule has 1 saturated carbocycles. The highest BCUT2D eigenvalue weighted by atomic mass is 16.5. The summed E-state index contributed by atoms with van der Waals surface area (Å²) >= 11 is 0. The van der Waals surface area contributed by atoms with Gasteiger partial charge in [-0.05, 0) is 33.1 Å². The van der Waals surface area contributed by atoms with Gasteiger partial charge in [-0.1, -0.05) is 0 Å². The van der Waals surface area contributed by atoms with E-state index in [-0.39, 0.29) is 36.6 Å². The van der Waals surface area contributed by atoms with Gasteiger partial charge in [0.2, 0.25) is 11.8 Å². The Labute approximate surface area is 142 Å². The molecule has 24 heavy (non-hydrogen) atoms. The Morgan fingerprint density at radius 2 is 2.17 bits per heavy atom. The number of hydrogen-bond acceptors (Lipinski definition) is 4.